The summed E-state index contributed by atoms with van der Waals surface area (Å²) < 4.78 is 0. The maximum Gasteiger partial charge on any atom is -0.0103 e. The van der Waals surface area contributed by atoms with Crippen molar-refractivity contribution in [3.63, 3.8) is 0 Å². The van der Waals surface area contributed by atoms with Crippen LogP contribution >= 0.6 is 0 Å². The van der Waals surface area contributed by atoms with Gasteiger partial charge in [-0.3, -0.25) is 0 Å². The van der Waals surface area contributed by atoms with Gasteiger partial charge in [0.25, 0.3) is 0 Å². The molecule has 0 fully saturated rings. The first kappa shape index (κ1) is 14.6. The van der Waals surface area contributed by atoms with E-state index >= 15 is 0 Å². The van der Waals surface area contributed by atoms with Crippen LogP contribution < -0.4 is 0 Å². The third-order valence-electron chi connectivity index (χ3n) is 4.30. The Bertz CT molecular complexity index is 702. The lowest BCUT2D eigenvalue weighted by molar-refractivity contribution is 1.14. The van der Waals surface area contributed by atoms with Crippen molar-refractivity contribution in [1.82, 2.24) is 0 Å². The average molecular weight is 286 g/mol. The van der Waals surface area contributed by atoms with E-state index in [2.05, 4.69) is 86.6 Å². The van der Waals surface area contributed by atoms with Crippen molar-refractivity contribution in [3.8, 4) is 22.3 Å². The first-order chi connectivity index (χ1) is 10.8. The van der Waals surface area contributed by atoms with Crippen molar-refractivity contribution in [3.05, 3.63) is 83.9 Å². The SMILES string of the molecule is CCc1ccccc1-c1ccccc1-c1ccccc1CC. The normalized spacial score (nSPS) is 10.6. The summed E-state index contributed by atoms with van der Waals surface area (Å²) in [5.41, 5.74) is 8.19. The molecule has 22 heavy (non-hydrogen) atoms. The van der Waals surface area contributed by atoms with Crippen LogP contribution in [0.25, 0.3) is 22.3 Å². The summed E-state index contributed by atoms with van der Waals surface area (Å²) in [5, 5.41) is 0. The molecule has 0 heteroatoms. The van der Waals surface area contributed by atoms with E-state index in [1.807, 2.05) is 0 Å². The Kier molecular flexibility index (Phi) is 4.39. The number of benzene rings is 3. The van der Waals surface area contributed by atoms with Gasteiger partial charge in [-0.1, -0.05) is 86.6 Å². The minimum Gasteiger partial charge on any atom is -0.0620 e. The molecule has 0 bridgehead atoms. The van der Waals surface area contributed by atoms with Gasteiger partial charge in [-0.2, -0.15) is 0 Å². The molecule has 3 aromatic carbocycles. The molecule has 110 valence electrons. The molecule has 0 saturated heterocycles. The Morgan fingerprint density at radius 3 is 1.14 bits per heavy atom. The summed E-state index contributed by atoms with van der Waals surface area (Å²) in [6.45, 7) is 4.45. The summed E-state index contributed by atoms with van der Waals surface area (Å²) in [6, 6.07) is 26.3. The van der Waals surface area contributed by atoms with Crippen LogP contribution in [0.15, 0.2) is 72.8 Å². The lowest BCUT2D eigenvalue weighted by Crippen LogP contribution is -1.93. The minimum absolute atomic E-state index is 1.06. The molecule has 0 aliphatic rings. The second-order valence-electron chi connectivity index (χ2n) is 5.57. The van der Waals surface area contributed by atoms with Crippen molar-refractivity contribution >= 4 is 0 Å². The summed E-state index contributed by atoms with van der Waals surface area (Å²) in [4.78, 5) is 0. The van der Waals surface area contributed by atoms with Gasteiger partial charge in [0.05, 0.1) is 0 Å². The Hall–Kier alpha value is -2.34. The average Bonchev–Trinajstić information content (AvgIpc) is 2.61. The van der Waals surface area contributed by atoms with Gasteiger partial charge in [-0.15, -0.1) is 0 Å². The van der Waals surface area contributed by atoms with Crippen LogP contribution in [0.2, 0.25) is 0 Å². The van der Waals surface area contributed by atoms with E-state index in [0.717, 1.165) is 12.8 Å². The van der Waals surface area contributed by atoms with Gasteiger partial charge in [-0.25, -0.2) is 0 Å². The zero-order chi connectivity index (χ0) is 15.4. The largest absolute Gasteiger partial charge is 0.0620 e. The summed E-state index contributed by atoms with van der Waals surface area (Å²) in [6.07, 6.45) is 2.11. The second-order valence-corrected chi connectivity index (χ2v) is 5.57. The first-order valence-electron chi connectivity index (χ1n) is 8.10. The van der Waals surface area contributed by atoms with Crippen molar-refractivity contribution in [2.24, 2.45) is 0 Å². The fourth-order valence-electron chi connectivity index (χ4n) is 3.14. The Morgan fingerprint density at radius 2 is 0.773 bits per heavy atom. The second kappa shape index (κ2) is 6.62. The van der Waals surface area contributed by atoms with Crippen LogP contribution in [0.5, 0.6) is 0 Å². The molecular weight excluding hydrogens is 264 g/mol. The Labute approximate surface area is 133 Å². The summed E-state index contributed by atoms with van der Waals surface area (Å²) in [7, 11) is 0. The molecule has 3 rings (SSSR count). The number of aryl methyl sites for hydroxylation is 2. The van der Waals surface area contributed by atoms with Gasteiger partial charge < -0.3 is 0 Å². The quantitative estimate of drug-likeness (QED) is 0.540. The number of rotatable bonds is 4. The van der Waals surface area contributed by atoms with E-state index in [9.17, 15) is 0 Å². The highest BCUT2D eigenvalue weighted by Crippen LogP contribution is 2.35. The molecule has 0 atom stereocenters. The molecule has 3 aromatic rings. The third-order valence-corrected chi connectivity index (χ3v) is 4.30. The molecule has 0 heterocycles. The van der Waals surface area contributed by atoms with Gasteiger partial charge >= 0.3 is 0 Å². The molecule has 0 saturated carbocycles. The van der Waals surface area contributed by atoms with E-state index in [1.54, 1.807) is 0 Å². The van der Waals surface area contributed by atoms with Gasteiger partial charge in [0.15, 0.2) is 0 Å². The van der Waals surface area contributed by atoms with Gasteiger partial charge in [0.1, 0.15) is 0 Å². The highest BCUT2D eigenvalue weighted by molar-refractivity contribution is 5.86. The molecule has 0 aromatic heterocycles. The molecule has 0 unspecified atom stereocenters. The lowest BCUT2D eigenvalue weighted by Gasteiger charge is -2.15. The standard InChI is InChI=1S/C22H22/c1-3-17-11-5-7-13-19(17)21-15-9-10-16-22(21)20-14-8-6-12-18(20)4-2/h5-16H,3-4H2,1-2H3. The van der Waals surface area contributed by atoms with E-state index in [0.29, 0.717) is 0 Å². The van der Waals surface area contributed by atoms with Crippen LogP contribution in [-0.4, -0.2) is 0 Å². The van der Waals surface area contributed by atoms with Crippen LogP contribution in [0.4, 0.5) is 0 Å². The Morgan fingerprint density at radius 1 is 0.455 bits per heavy atom. The topological polar surface area (TPSA) is 0 Å². The van der Waals surface area contributed by atoms with Crippen LogP contribution in [-0.2, 0) is 12.8 Å². The molecule has 0 aliphatic heterocycles. The van der Waals surface area contributed by atoms with Crippen LogP contribution in [0, 0.1) is 0 Å². The zero-order valence-electron chi connectivity index (χ0n) is 13.3. The first-order valence-corrected chi connectivity index (χ1v) is 8.10. The fraction of sp³-hybridized carbons (Fsp3) is 0.182. The molecule has 0 spiro atoms. The monoisotopic (exact) mass is 286 g/mol. The van der Waals surface area contributed by atoms with Crippen molar-refractivity contribution in [2.45, 2.75) is 26.7 Å². The predicted molar refractivity (Wildman–Crippen MR) is 96.1 cm³/mol. The zero-order valence-corrected chi connectivity index (χ0v) is 13.3. The van der Waals surface area contributed by atoms with Crippen LogP contribution in [0.3, 0.4) is 0 Å². The smallest absolute Gasteiger partial charge is 0.0103 e. The number of hydrogen-bond acceptors (Lipinski definition) is 0. The van der Waals surface area contributed by atoms with Gasteiger partial charge in [0, 0.05) is 0 Å². The molecule has 0 aliphatic carbocycles. The van der Waals surface area contributed by atoms with Crippen LogP contribution in [0.1, 0.15) is 25.0 Å². The number of hydrogen-bond donors (Lipinski definition) is 0. The third kappa shape index (κ3) is 2.69. The maximum absolute atomic E-state index is 2.25. The fourth-order valence-corrected chi connectivity index (χ4v) is 3.14. The molecular formula is C22H22. The van der Waals surface area contributed by atoms with Gasteiger partial charge in [-0.05, 0) is 46.2 Å². The minimum atomic E-state index is 1.06. The Balaban J connectivity index is 2.23. The van der Waals surface area contributed by atoms with E-state index < -0.39 is 0 Å². The highest BCUT2D eigenvalue weighted by Gasteiger charge is 2.11. The van der Waals surface area contributed by atoms with E-state index in [-0.39, 0.29) is 0 Å². The molecule has 0 nitrogen and oxygen atoms in total. The van der Waals surface area contributed by atoms with Gasteiger partial charge in [0.2, 0.25) is 0 Å². The van der Waals surface area contributed by atoms with E-state index in [4.69, 9.17) is 0 Å². The molecule has 0 radical (unpaired) electrons. The van der Waals surface area contributed by atoms with E-state index in [1.165, 1.54) is 33.4 Å². The van der Waals surface area contributed by atoms with Crippen molar-refractivity contribution in [1.29, 1.82) is 0 Å². The van der Waals surface area contributed by atoms with Crippen molar-refractivity contribution in [2.75, 3.05) is 0 Å². The highest BCUT2D eigenvalue weighted by atomic mass is 14.2. The lowest BCUT2D eigenvalue weighted by atomic mass is 9.89. The van der Waals surface area contributed by atoms with Crippen molar-refractivity contribution < 1.29 is 0 Å². The predicted octanol–water partition coefficient (Wildman–Crippen LogP) is 6.15. The molecule has 0 amide bonds. The summed E-state index contributed by atoms with van der Waals surface area (Å²) in [5.74, 6) is 0. The molecule has 0 N–H and O–H groups in total. The summed E-state index contributed by atoms with van der Waals surface area (Å²) >= 11 is 0. The maximum atomic E-state index is 2.25.